The largest absolute Gasteiger partial charge is 0.378 e. The molecule has 0 radical (unpaired) electrons. The van der Waals surface area contributed by atoms with E-state index in [2.05, 4.69) is 0 Å². The van der Waals surface area contributed by atoms with Gasteiger partial charge in [0.1, 0.15) is 0 Å². The molecule has 2 heterocycles. The fourth-order valence-electron chi connectivity index (χ4n) is 3.22. The maximum Gasteiger partial charge on any atom is 0.254 e. The highest BCUT2D eigenvalue weighted by Crippen LogP contribution is 2.25. The number of sulfonamides is 1. The molecule has 0 bridgehead atoms. The Hall–Kier alpha value is -1.19. The summed E-state index contributed by atoms with van der Waals surface area (Å²) in [6, 6.07) is 6.05. The first kappa shape index (κ1) is 20.1. The lowest BCUT2D eigenvalue weighted by Crippen LogP contribution is -2.41. The number of amides is 1. The number of nitrogens with zero attached hydrogens (tertiary/aromatic N) is 2. The predicted molar refractivity (Wildman–Crippen MR) is 96.4 cm³/mol. The summed E-state index contributed by atoms with van der Waals surface area (Å²) in [5.41, 5.74) is 6.17. The van der Waals surface area contributed by atoms with E-state index in [1.54, 1.807) is 17.0 Å². The van der Waals surface area contributed by atoms with Gasteiger partial charge in [0.25, 0.3) is 5.91 Å². The zero-order valence-corrected chi connectivity index (χ0v) is 15.6. The van der Waals surface area contributed by atoms with Crippen LogP contribution in [-0.2, 0) is 14.8 Å². The molecule has 1 unspecified atom stereocenters. The number of hydrogen-bond acceptors (Lipinski definition) is 5. The van der Waals surface area contributed by atoms with Crippen LogP contribution in [-0.4, -0.2) is 69.0 Å². The number of ether oxygens (including phenoxy) is 1. The van der Waals surface area contributed by atoms with Gasteiger partial charge >= 0.3 is 0 Å². The average molecular weight is 390 g/mol. The van der Waals surface area contributed by atoms with Crippen LogP contribution >= 0.6 is 12.4 Å². The van der Waals surface area contributed by atoms with Gasteiger partial charge in [0, 0.05) is 37.8 Å². The molecule has 25 heavy (non-hydrogen) atoms. The summed E-state index contributed by atoms with van der Waals surface area (Å²) in [7, 11) is -3.56. The summed E-state index contributed by atoms with van der Waals surface area (Å²) < 4.78 is 32.2. The van der Waals surface area contributed by atoms with Crippen molar-refractivity contribution in [3.63, 3.8) is 0 Å². The lowest BCUT2D eigenvalue weighted by Gasteiger charge is -2.27. The Morgan fingerprint density at radius 2 is 1.80 bits per heavy atom. The number of carbonyl (C=O) groups excluding carboxylic acids is 1. The van der Waals surface area contributed by atoms with Crippen molar-refractivity contribution in [2.45, 2.75) is 23.8 Å². The molecule has 9 heteroatoms. The minimum absolute atomic E-state index is 0. The molecule has 2 N–H and O–H groups in total. The molecule has 140 valence electrons. The Kier molecular flexibility index (Phi) is 6.81. The van der Waals surface area contributed by atoms with Gasteiger partial charge in [-0.15, -0.1) is 12.4 Å². The maximum atomic E-state index is 12.7. The molecule has 7 nitrogen and oxygen atoms in total. The SMILES string of the molecule is Cl.NCC1CCCN1S(=O)(=O)c1ccc(C(=O)N2CCOCC2)cc1. The van der Waals surface area contributed by atoms with Gasteiger partial charge in [-0.05, 0) is 37.1 Å². The van der Waals surface area contributed by atoms with Crippen LogP contribution in [0.1, 0.15) is 23.2 Å². The molecule has 2 saturated heterocycles. The number of hydrogen-bond donors (Lipinski definition) is 1. The van der Waals surface area contributed by atoms with Crippen molar-refractivity contribution in [1.29, 1.82) is 0 Å². The molecular weight excluding hydrogens is 366 g/mol. The Balaban J connectivity index is 0.00000225. The molecule has 1 aromatic rings. The molecule has 2 aliphatic rings. The number of rotatable bonds is 4. The zero-order chi connectivity index (χ0) is 17.2. The van der Waals surface area contributed by atoms with Crippen molar-refractivity contribution in [2.24, 2.45) is 5.73 Å². The lowest BCUT2D eigenvalue weighted by molar-refractivity contribution is 0.0303. The summed E-state index contributed by atoms with van der Waals surface area (Å²) >= 11 is 0. The first-order chi connectivity index (χ1) is 11.5. The van der Waals surface area contributed by atoms with E-state index >= 15 is 0 Å². The second-order valence-corrected chi connectivity index (χ2v) is 7.97. The van der Waals surface area contributed by atoms with Crippen molar-refractivity contribution in [3.8, 4) is 0 Å². The molecule has 2 aliphatic heterocycles. The Morgan fingerprint density at radius 1 is 1.16 bits per heavy atom. The van der Waals surface area contributed by atoms with Crippen molar-refractivity contribution >= 4 is 28.3 Å². The highest BCUT2D eigenvalue weighted by Gasteiger charge is 2.34. The van der Waals surface area contributed by atoms with Crippen LogP contribution in [0, 0.1) is 0 Å². The number of nitrogens with two attached hydrogens (primary N) is 1. The highest BCUT2D eigenvalue weighted by molar-refractivity contribution is 7.89. The summed E-state index contributed by atoms with van der Waals surface area (Å²) in [6.07, 6.45) is 1.62. The third-order valence-corrected chi connectivity index (χ3v) is 6.57. The van der Waals surface area contributed by atoms with Gasteiger partial charge in [0.05, 0.1) is 18.1 Å². The zero-order valence-electron chi connectivity index (χ0n) is 14.0. The van der Waals surface area contributed by atoms with E-state index in [0.29, 0.717) is 45.0 Å². The second-order valence-electron chi connectivity index (χ2n) is 6.08. The van der Waals surface area contributed by atoms with E-state index in [0.717, 1.165) is 12.8 Å². The van der Waals surface area contributed by atoms with Crippen LogP contribution in [0.2, 0.25) is 0 Å². The minimum Gasteiger partial charge on any atom is -0.378 e. The molecule has 1 atom stereocenters. The third kappa shape index (κ3) is 4.15. The van der Waals surface area contributed by atoms with Crippen molar-refractivity contribution in [3.05, 3.63) is 29.8 Å². The van der Waals surface area contributed by atoms with E-state index < -0.39 is 10.0 Å². The van der Waals surface area contributed by atoms with E-state index in [1.807, 2.05) is 0 Å². The number of benzene rings is 1. The van der Waals surface area contributed by atoms with Crippen LogP contribution < -0.4 is 5.73 Å². The van der Waals surface area contributed by atoms with Crippen LogP contribution in [0.15, 0.2) is 29.2 Å². The average Bonchev–Trinajstić information content (AvgIpc) is 3.11. The lowest BCUT2D eigenvalue weighted by atomic mass is 10.2. The first-order valence-electron chi connectivity index (χ1n) is 8.23. The Morgan fingerprint density at radius 3 is 2.40 bits per heavy atom. The highest BCUT2D eigenvalue weighted by atomic mass is 35.5. The van der Waals surface area contributed by atoms with Crippen molar-refractivity contribution < 1.29 is 17.9 Å². The van der Waals surface area contributed by atoms with Crippen LogP contribution in [0.4, 0.5) is 0 Å². The molecule has 2 fully saturated rings. The normalized spacial score (nSPS) is 21.8. The van der Waals surface area contributed by atoms with Gasteiger partial charge in [0.15, 0.2) is 0 Å². The third-order valence-electron chi connectivity index (χ3n) is 4.60. The first-order valence-corrected chi connectivity index (χ1v) is 9.67. The maximum absolute atomic E-state index is 12.7. The minimum atomic E-state index is -3.56. The molecular formula is C16H24ClN3O4S. The van der Waals surface area contributed by atoms with Crippen LogP contribution in [0.5, 0.6) is 0 Å². The van der Waals surface area contributed by atoms with E-state index in [9.17, 15) is 13.2 Å². The molecule has 1 amide bonds. The smallest absolute Gasteiger partial charge is 0.254 e. The fraction of sp³-hybridized carbons (Fsp3) is 0.562. The monoisotopic (exact) mass is 389 g/mol. The van der Waals surface area contributed by atoms with Gasteiger partial charge in [-0.25, -0.2) is 8.42 Å². The van der Waals surface area contributed by atoms with E-state index in [1.165, 1.54) is 16.4 Å². The van der Waals surface area contributed by atoms with Gasteiger partial charge in [0.2, 0.25) is 10.0 Å². The molecule has 0 aliphatic carbocycles. The molecule has 0 saturated carbocycles. The topological polar surface area (TPSA) is 92.9 Å². The van der Waals surface area contributed by atoms with Gasteiger partial charge in [-0.3, -0.25) is 4.79 Å². The summed E-state index contributed by atoms with van der Waals surface area (Å²) in [5.74, 6) is -0.0942. The molecule has 0 spiro atoms. The van der Waals surface area contributed by atoms with Gasteiger partial charge < -0.3 is 15.4 Å². The fourth-order valence-corrected chi connectivity index (χ4v) is 4.92. The summed E-state index contributed by atoms with van der Waals surface area (Å²) in [5, 5.41) is 0. The molecule has 3 rings (SSSR count). The number of carbonyl (C=O) groups is 1. The van der Waals surface area contributed by atoms with Gasteiger partial charge in [-0.1, -0.05) is 0 Å². The van der Waals surface area contributed by atoms with E-state index in [-0.39, 0.29) is 29.3 Å². The summed E-state index contributed by atoms with van der Waals surface area (Å²) in [4.78, 5) is 14.3. The molecule has 0 aromatic heterocycles. The standard InChI is InChI=1S/C16H23N3O4S.ClH/c17-12-14-2-1-7-19(14)24(21,22)15-5-3-13(4-6-15)16(20)18-8-10-23-11-9-18;/h3-6,14H,1-2,7-12,17H2;1H. The Bertz CT molecular complexity index is 690. The van der Waals surface area contributed by atoms with Crippen LogP contribution in [0.3, 0.4) is 0 Å². The molecule has 1 aromatic carbocycles. The quantitative estimate of drug-likeness (QED) is 0.817. The van der Waals surface area contributed by atoms with Crippen molar-refractivity contribution in [2.75, 3.05) is 39.4 Å². The van der Waals surface area contributed by atoms with Gasteiger partial charge in [-0.2, -0.15) is 4.31 Å². The number of halogens is 1. The second kappa shape index (κ2) is 8.46. The number of morpholine rings is 1. The van der Waals surface area contributed by atoms with Crippen molar-refractivity contribution in [1.82, 2.24) is 9.21 Å². The van der Waals surface area contributed by atoms with Crippen LogP contribution in [0.25, 0.3) is 0 Å². The summed E-state index contributed by atoms with van der Waals surface area (Å²) in [6.45, 7) is 3.02. The van der Waals surface area contributed by atoms with E-state index in [4.69, 9.17) is 10.5 Å². The Labute approximate surface area is 154 Å². The predicted octanol–water partition coefficient (Wildman–Crippen LogP) is 0.693.